The minimum atomic E-state index is 0.572. The Morgan fingerprint density at radius 1 is 0.929 bits per heavy atom. The van der Waals surface area contributed by atoms with E-state index in [0.717, 1.165) is 42.9 Å². The van der Waals surface area contributed by atoms with Gasteiger partial charge in [0.05, 0.1) is 21.5 Å². The van der Waals surface area contributed by atoms with Gasteiger partial charge < -0.3 is 4.98 Å². The van der Waals surface area contributed by atoms with Crippen LogP contribution in [0.15, 0.2) is 78.9 Å². The van der Waals surface area contributed by atoms with Crippen molar-refractivity contribution in [2.45, 2.75) is 0 Å². The van der Waals surface area contributed by atoms with Crippen LogP contribution in [0.3, 0.4) is 0 Å². The predicted octanol–water partition coefficient (Wildman–Crippen LogP) is 6.51. The molecule has 0 fully saturated rings. The molecule has 0 saturated heterocycles. The lowest BCUT2D eigenvalue weighted by Gasteiger charge is -2.02. The van der Waals surface area contributed by atoms with Crippen molar-refractivity contribution >= 4 is 44.1 Å². The van der Waals surface area contributed by atoms with E-state index in [1.165, 1.54) is 0 Å². The van der Waals surface area contributed by atoms with Crippen molar-refractivity contribution in [3.05, 3.63) is 89.4 Å². The molecular formula is C24H15N3S. The Bertz CT molecular complexity index is 1330. The minimum absolute atomic E-state index is 0.572. The molecule has 28 heavy (non-hydrogen) atoms. The summed E-state index contributed by atoms with van der Waals surface area (Å²) in [5.74, 6) is 0. The van der Waals surface area contributed by atoms with Crippen molar-refractivity contribution in [2.75, 3.05) is 0 Å². The van der Waals surface area contributed by atoms with Gasteiger partial charge in [0.1, 0.15) is 11.1 Å². The summed E-state index contributed by atoms with van der Waals surface area (Å²) in [4.78, 5) is 8.18. The Hall–Kier alpha value is -3.68. The number of rotatable bonds is 3. The number of nitrogens with one attached hydrogen (secondary N) is 1. The highest BCUT2D eigenvalue weighted by Gasteiger charge is 2.14. The van der Waals surface area contributed by atoms with E-state index in [2.05, 4.69) is 40.3 Å². The molecule has 132 valence electrons. The summed E-state index contributed by atoms with van der Waals surface area (Å²) < 4.78 is 1.08. The molecule has 0 atom stereocenters. The summed E-state index contributed by atoms with van der Waals surface area (Å²) in [6.45, 7) is 0. The molecule has 3 aromatic carbocycles. The topological polar surface area (TPSA) is 52.5 Å². The highest BCUT2D eigenvalue weighted by molar-refractivity contribution is 7.19. The zero-order valence-corrected chi connectivity index (χ0v) is 15.7. The fourth-order valence-corrected chi connectivity index (χ4v) is 4.35. The number of para-hydroxylation sites is 2. The smallest absolute Gasteiger partial charge is 0.135 e. The minimum Gasteiger partial charge on any atom is -0.354 e. The first-order valence-electron chi connectivity index (χ1n) is 8.97. The van der Waals surface area contributed by atoms with E-state index >= 15 is 0 Å². The number of nitriles is 1. The summed E-state index contributed by atoms with van der Waals surface area (Å²) in [5.41, 5.74) is 5.66. The Balaban J connectivity index is 1.74. The SMILES string of the molecule is N#CC(=Cc1c(-c2ccccc2)[nH]c2ccccc12)c1nc2ccccc2s1. The first kappa shape index (κ1) is 16.5. The third-order valence-electron chi connectivity index (χ3n) is 4.74. The standard InChI is InChI=1S/C24H15N3S/c25-15-17(24-27-21-12-6-7-13-22(21)28-24)14-19-18-10-4-5-11-20(18)26-23(19)16-8-2-1-3-9-16/h1-14,26H. The Labute approximate surface area is 166 Å². The normalized spacial score (nSPS) is 11.8. The molecule has 0 aliphatic heterocycles. The molecule has 0 spiro atoms. The first-order chi connectivity index (χ1) is 13.8. The maximum atomic E-state index is 9.88. The van der Waals surface area contributed by atoms with E-state index in [4.69, 9.17) is 0 Å². The quantitative estimate of drug-likeness (QED) is 0.364. The average Bonchev–Trinajstić information content (AvgIpc) is 3.34. The maximum absolute atomic E-state index is 9.88. The molecule has 0 unspecified atom stereocenters. The predicted molar refractivity (Wildman–Crippen MR) is 117 cm³/mol. The van der Waals surface area contributed by atoms with Crippen molar-refractivity contribution < 1.29 is 0 Å². The molecule has 0 saturated carbocycles. The number of hydrogen-bond acceptors (Lipinski definition) is 3. The van der Waals surface area contributed by atoms with Crippen LogP contribution < -0.4 is 0 Å². The second-order valence-electron chi connectivity index (χ2n) is 6.48. The van der Waals surface area contributed by atoms with Gasteiger partial charge in [-0.05, 0) is 29.8 Å². The number of aromatic amines is 1. The van der Waals surface area contributed by atoms with E-state index < -0.39 is 0 Å². The van der Waals surface area contributed by atoms with Gasteiger partial charge in [0.15, 0.2) is 0 Å². The van der Waals surface area contributed by atoms with Crippen LogP contribution in [0.1, 0.15) is 10.6 Å². The third-order valence-corrected chi connectivity index (χ3v) is 5.81. The number of thiazole rings is 1. The number of fused-ring (bicyclic) bond motifs is 2. The molecule has 5 rings (SSSR count). The molecule has 0 aliphatic rings. The summed E-state index contributed by atoms with van der Waals surface area (Å²) in [5, 5.41) is 11.7. The molecule has 2 heterocycles. The van der Waals surface area contributed by atoms with Gasteiger partial charge in [-0.15, -0.1) is 11.3 Å². The monoisotopic (exact) mass is 377 g/mol. The average molecular weight is 377 g/mol. The molecule has 0 aliphatic carbocycles. The number of hydrogen-bond donors (Lipinski definition) is 1. The highest BCUT2D eigenvalue weighted by atomic mass is 32.1. The number of nitrogens with zero attached hydrogens (tertiary/aromatic N) is 2. The van der Waals surface area contributed by atoms with Crippen molar-refractivity contribution in [2.24, 2.45) is 0 Å². The van der Waals surface area contributed by atoms with Gasteiger partial charge in [-0.2, -0.15) is 5.26 Å². The summed E-state index contributed by atoms with van der Waals surface area (Å²) >= 11 is 1.55. The molecule has 0 radical (unpaired) electrons. The van der Waals surface area contributed by atoms with Crippen molar-refractivity contribution in [3.8, 4) is 17.3 Å². The Morgan fingerprint density at radius 2 is 1.68 bits per heavy atom. The molecule has 4 heteroatoms. The first-order valence-corrected chi connectivity index (χ1v) is 9.79. The van der Waals surface area contributed by atoms with Gasteiger partial charge in [-0.3, -0.25) is 0 Å². The van der Waals surface area contributed by atoms with E-state index in [1.54, 1.807) is 11.3 Å². The van der Waals surface area contributed by atoms with Gasteiger partial charge in [0.25, 0.3) is 0 Å². The van der Waals surface area contributed by atoms with Crippen molar-refractivity contribution in [1.29, 1.82) is 5.26 Å². The maximum Gasteiger partial charge on any atom is 0.135 e. The summed E-state index contributed by atoms with van der Waals surface area (Å²) in [6.07, 6.45) is 1.96. The van der Waals surface area contributed by atoms with E-state index in [0.29, 0.717) is 5.57 Å². The van der Waals surface area contributed by atoms with E-state index in [-0.39, 0.29) is 0 Å². The molecule has 1 N–H and O–H groups in total. The van der Waals surface area contributed by atoms with Crippen LogP contribution in [-0.2, 0) is 0 Å². The van der Waals surface area contributed by atoms with Crippen LogP contribution in [0.4, 0.5) is 0 Å². The number of aromatic nitrogens is 2. The van der Waals surface area contributed by atoms with Crippen molar-refractivity contribution in [1.82, 2.24) is 9.97 Å². The molecule has 2 aromatic heterocycles. The van der Waals surface area contributed by atoms with Crippen LogP contribution in [0.2, 0.25) is 0 Å². The molecule has 5 aromatic rings. The lowest BCUT2D eigenvalue weighted by atomic mass is 10.0. The van der Waals surface area contributed by atoms with Crippen LogP contribution in [0.25, 0.3) is 44.0 Å². The fraction of sp³-hybridized carbons (Fsp3) is 0. The van der Waals surface area contributed by atoms with Crippen LogP contribution >= 0.6 is 11.3 Å². The zero-order chi connectivity index (χ0) is 18.9. The molecular weight excluding hydrogens is 362 g/mol. The molecule has 0 bridgehead atoms. The largest absolute Gasteiger partial charge is 0.354 e. The molecule has 3 nitrogen and oxygen atoms in total. The summed E-state index contributed by atoms with van der Waals surface area (Å²) in [6, 6.07) is 28.7. The second kappa shape index (κ2) is 6.80. The number of benzene rings is 3. The van der Waals surface area contributed by atoms with Gasteiger partial charge in [-0.1, -0.05) is 60.7 Å². The van der Waals surface area contributed by atoms with Crippen molar-refractivity contribution in [3.63, 3.8) is 0 Å². The zero-order valence-electron chi connectivity index (χ0n) is 14.9. The third kappa shape index (κ3) is 2.79. The Morgan fingerprint density at radius 3 is 2.50 bits per heavy atom. The van der Waals surface area contributed by atoms with E-state index in [9.17, 15) is 5.26 Å². The Kier molecular flexibility index (Phi) is 4.01. The van der Waals surface area contributed by atoms with Gasteiger partial charge in [0, 0.05) is 16.5 Å². The summed E-state index contributed by atoms with van der Waals surface area (Å²) in [7, 11) is 0. The van der Waals surface area contributed by atoms with Gasteiger partial charge in [-0.25, -0.2) is 4.98 Å². The van der Waals surface area contributed by atoms with Gasteiger partial charge in [0.2, 0.25) is 0 Å². The van der Waals surface area contributed by atoms with Gasteiger partial charge >= 0.3 is 0 Å². The highest BCUT2D eigenvalue weighted by Crippen LogP contribution is 2.34. The molecule has 0 amide bonds. The number of H-pyrrole nitrogens is 1. The van der Waals surface area contributed by atoms with Crippen LogP contribution in [0, 0.1) is 11.3 Å². The number of allylic oxidation sites excluding steroid dienone is 1. The van der Waals surface area contributed by atoms with E-state index in [1.807, 2.05) is 60.7 Å². The lowest BCUT2D eigenvalue weighted by molar-refractivity contribution is 1.43. The second-order valence-corrected chi connectivity index (χ2v) is 7.51. The lowest BCUT2D eigenvalue weighted by Crippen LogP contribution is -1.84. The van der Waals surface area contributed by atoms with Crippen LogP contribution in [0.5, 0.6) is 0 Å². The van der Waals surface area contributed by atoms with Crippen LogP contribution in [-0.4, -0.2) is 9.97 Å². The fourth-order valence-electron chi connectivity index (χ4n) is 3.42.